The van der Waals surface area contributed by atoms with E-state index < -0.39 is 0 Å². The second kappa shape index (κ2) is 10.2. The molecule has 0 fully saturated rings. The Morgan fingerprint density at radius 1 is 1.44 bits per heavy atom. The first kappa shape index (κ1) is 11.1. The third-order valence-electron chi connectivity index (χ3n) is 0.486. The summed E-state index contributed by atoms with van der Waals surface area (Å²) in [6.45, 7) is 5.82. The Kier molecular flexibility index (Phi) is 12.6. The van der Waals surface area contributed by atoms with E-state index in [4.69, 9.17) is 5.73 Å². The van der Waals surface area contributed by atoms with Gasteiger partial charge in [-0.05, 0) is 13.0 Å². The average molecular weight is 128 g/mol. The van der Waals surface area contributed by atoms with Crippen LogP contribution in [0.1, 0.15) is 20.8 Å². The summed E-state index contributed by atoms with van der Waals surface area (Å²) in [5, 5.41) is 0. The van der Waals surface area contributed by atoms with Crippen molar-refractivity contribution in [2.24, 2.45) is 10.7 Å². The van der Waals surface area contributed by atoms with E-state index in [0.717, 1.165) is 5.70 Å². The molecule has 2 nitrogen and oxygen atoms in total. The monoisotopic (exact) mass is 128 g/mol. The van der Waals surface area contributed by atoms with Gasteiger partial charge < -0.3 is 5.73 Å². The summed E-state index contributed by atoms with van der Waals surface area (Å²) in [6, 6.07) is 0. The first-order valence-electron chi connectivity index (χ1n) is 3.12. The normalized spacial score (nSPS) is 10.9. The van der Waals surface area contributed by atoms with Gasteiger partial charge in [-0.15, -0.1) is 0 Å². The van der Waals surface area contributed by atoms with Crippen LogP contribution >= 0.6 is 0 Å². The van der Waals surface area contributed by atoms with Crippen LogP contribution in [0.3, 0.4) is 0 Å². The molecule has 0 heterocycles. The minimum Gasteiger partial charge on any atom is -0.402 e. The lowest BCUT2D eigenvalue weighted by Gasteiger charge is -1.79. The number of nitrogens with zero attached hydrogens (tertiary/aromatic N) is 1. The van der Waals surface area contributed by atoms with Crippen LogP contribution < -0.4 is 5.73 Å². The summed E-state index contributed by atoms with van der Waals surface area (Å²) >= 11 is 0. The van der Waals surface area contributed by atoms with Crippen molar-refractivity contribution >= 4 is 6.21 Å². The molecule has 0 aliphatic rings. The Morgan fingerprint density at radius 2 is 1.89 bits per heavy atom. The summed E-state index contributed by atoms with van der Waals surface area (Å²) in [7, 11) is 1.71. The van der Waals surface area contributed by atoms with E-state index in [9.17, 15) is 0 Å². The fourth-order valence-corrected chi connectivity index (χ4v) is 0.192. The summed E-state index contributed by atoms with van der Waals surface area (Å²) in [4.78, 5) is 3.69. The molecular formula is C7H16N2. The first-order chi connectivity index (χ1) is 4.27. The van der Waals surface area contributed by atoms with Gasteiger partial charge in [0.25, 0.3) is 0 Å². The first-order valence-corrected chi connectivity index (χ1v) is 3.12. The molecule has 0 amide bonds. The quantitative estimate of drug-likeness (QED) is 0.535. The van der Waals surface area contributed by atoms with Crippen molar-refractivity contribution < 1.29 is 0 Å². The van der Waals surface area contributed by atoms with Crippen molar-refractivity contribution in [3.8, 4) is 0 Å². The lowest BCUT2D eigenvalue weighted by Crippen LogP contribution is -1.89. The highest BCUT2D eigenvalue weighted by molar-refractivity contribution is 5.71. The molecule has 0 aliphatic heterocycles. The highest BCUT2D eigenvalue weighted by Crippen LogP contribution is 1.72. The predicted molar refractivity (Wildman–Crippen MR) is 43.7 cm³/mol. The Morgan fingerprint density at radius 3 is 2.00 bits per heavy atom. The largest absolute Gasteiger partial charge is 0.402 e. The van der Waals surface area contributed by atoms with Crippen LogP contribution in [0.4, 0.5) is 0 Å². The zero-order chi connectivity index (χ0) is 7.70. The molecule has 0 rings (SSSR count). The van der Waals surface area contributed by atoms with Gasteiger partial charge in [0.1, 0.15) is 0 Å². The van der Waals surface area contributed by atoms with Gasteiger partial charge in [-0.1, -0.05) is 13.8 Å². The number of aliphatic imine (C=N–C) groups is 1. The van der Waals surface area contributed by atoms with E-state index >= 15 is 0 Å². The summed E-state index contributed by atoms with van der Waals surface area (Å²) in [6.07, 6.45) is 3.41. The number of hydrogen-bond donors (Lipinski definition) is 1. The van der Waals surface area contributed by atoms with Gasteiger partial charge in [-0.3, -0.25) is 4.99 Å². The molecule has 0 aliphatic carbocycles. The standard InChI is InChI=1S/C5H10N2.C2H6/c1-5(6)3-4-7-2;1-2/h3-4H,6H2,1-2H3;1-2H3/b5-3+,7-4?;. The number of rotatable bonds is 1. The zero-order valence-electron chi connectivity index (χ0n) is 6.68. The van der Waals surface area contributed by atoms with Crippen molar-refractivity contribution in [1.29, 1.82) is 0 Å². The van der Waals surface area contributed by atoms with Crippen LogP contribution in [0, 0.1) is 0 Å². The fourth-order valence-electron chi connectivity index (χ4n) is 0.192. The van der Waals surface area contributed by atoms with Crippen LogP contribution in [0.2, 0.25) is 0 Å². The minimum atomic E-state index is 0.783. The highest BCUT2D eigenvalue weighted by Gasteiger charge is 1.66. The molecule has 0 atom stereocenters. The number of nitrogens with two attached hydrogens (primary N) is 1. The van der Waals surface area contributed by atoms with Gasteiger partial charge in [-0.2, -0.15) is 0 Å². The number of hydrogen-bond acceptors (Lipinski definition) is 2. The molecule has 0 aromatic rings. The molecule has 2 heteroatoms. The molecule has 0 saturated heterocycles. The van der Waals surface area contributed by atoms with E-state index in [2.05, 4.69) is 4.99 Å². The Bertz CT molecular complexity index is 89.1. The molecule has 0 radical (unpaired) electrons. The molecule has 2 N–H and O–H groups in total. The fraction of sp³-hybridized carbons (Fsp3) is 0.571. The molecule has 0 aromatic carbocycles. The summed E-state index contributed by atoms with van der Waals surface area (Å²) < 4.78 is 0. The van der Waals surface area contributed by atoms with Crippen LogP contribution in [-0.2, 0) is 0 Å². The van der Waals surface area contributed by atoms with Crippen LogP contribution in [0.5, 0.6) is 0 Å². The van der Waals surface area contributed by atoms with Gasteiger partial charge in [0.05, 0.1) is 0 Å². The van der Waals surface area contributed by atoms with Gasteiger partial charge in [-0.25, -0.2) is 0 Å². The maximum absolute atomic E-state index is 5.25. The van der Waals surface area contributed by atoms with E-state index in [1.807, 2.05) is 20.8 Å². The van der Waals surface area contributed by atoms with Crippen LogP contribution in [0.25, 0.3) is 0 Å². The maximum Gasteiger partial charge on any atom is 0.0277 e. The topological polar surface area (TPSA) is 38.4 Å². The molecule has 54 valence electrons. The smallest absolute Gasteiger partial charge is 0.0277 e. The molecular weight excluding hydrogens is 112 g/mol. The maximum atomic E-state index is 5.25. The zero-order valence-corrected chi connectivity index (χ0v) is 6.68. The lowest BCUT2D eigenvalue weighted by atomic mass is 10.5. The summed E-state index contributed by atoms with van der Waals surface area (Å²) in [5.41, 5.74) is 6.03. The van der Waals surface area contributed by atoms with E-state index in [1.54, 1.807) is 19.3 Å². The molecule has 0 spiro atoms. The Labute approximate surface area is 57.5 Å². The van der Waals surface area contributed by atoms with Crippen LogP contribution in [-0.4, -0.2) is 13.3 Å². The van der Waals surface area contributed by atoms with Crippen molar-refractivity contribution in [2.45, 2.75) is 20.8 Å². The minimum absolute atomic E-state index is 0.783. The second-order valence-corrected chi connectivity index (χ2v) is 1.32. The highest BCUT2D eigenvalue weighted by atomic mass is 14.6. The molecule has 0 unspecified atom stereocenters. The predicted octanol–water partition coefficient (Wildman–Crippen LogP) is 1.58. The molecule has 0 aromatic heterocycles. The van der Waals surface area contributed by atoms with Crippen LogP contribution in [0.15, 0.2) is 16.8 Å². The molecule has 0 bridgehead atoms. The SMILES string of the molecule is CC.CN=C/C=C(\C)N. The van der Waals surface area contributed by atoms with Crippen molar-refractivity contribution in [1.82, 2.24) is 0 Å². The van der Waals surface area contributed by atoms with Gasteiger partial charge in [0, 0.05) is 19.0 Å². The van der Waals surface area contributed by atoms with Crippen molar-refractivity contribution in [3.63, 3.8) is 0 Å². The van der Waals surface area contributed by atoms with Gasteiger partial charge in [0.2, 0.25) is 0 Å². The van der Waals surface area contributed by atoms with Gasteiger partial charge >= 0.3 is 0 Å². The molecule has 9 heavy (non-hydrogen) atoms. The molecule has 0 saturated carbocycles. The van der Waals surface area contributed by atoms with Crippen molar-refractivity contribution in [2.75, 3.05) is 7.05 Å². The second-order valence-electron chi connectivity index (χ2n) is 1.32. The number of allylic oxidation sites excluding steroid dienone is 2. The van der Waals surface area contributed by atoms with E-state index in [1.165, 1.54) is 0 Å². The third-order valence-corrected chi connectivity index (χ3v) is 0.486. The third kappa shape index (κ3) is 19.0. The van der Waals surface area contributed by atoms with Gasteiger partial charge in [0.15, 0.2) is 0 Å². The van der Waals surface area contributed by atoms with E-state index in [-0.39, 0.29) is 0 Å². The van der Waals surface area contributed by atoms with Crippen molar-refractivity contribution in [3.05, 3.63) is 11.8 Å². The van der Waals surface area contributed by atoms with E-state index in [0.29, 0.717) is 0 Å². The lowest BCUT2D eigenvalue weighted by molar-refractivity contribution is 1.32. The Hall–Kier alpha value is -0.790. The average Bonchev–Trinajstić information content (AvgIpc) is 1.88. The summed E-state index contributed by atoms with van der Waals surface area (Å²) in [5.74, 6) is 0. The Balaban J connectivity index is 0.